The molecule has 0 saturated carbocycles. The summed E-state index contributed by atoms with van der Waals surface area (Å²) in [6, 6.07) is 15.0. The van der Waals surface area contributed by atoms with Gasteiger partial charge in [-0.2, -0.15) is 0 Å². The van der Waals surface area contributed by atoms with E-state index in [1.54, 1.807) is 0 Å². The predicted octanol–water partition coefficient (Wildman–Crippen LogP) is 10.5. The Morgan fingerprint density at radius 1 is 0.444 bits per heavy atom. The van der Waals surface area contributed by atoms with Crippen LogP contribution >= 0.6 is 27.0 Å². The first-order valence-corrected chi connectivity index (χ1v) is 18.2. The zero-order valence-corrected chi connectivity index (χ0v) is 29.4. The van der Waals surface area contributed by atoms with Crippen LogP contribution in [0.5, 0.6) is 0 Å². The maximum atomic E-state index is 4.81. The first-order valence-electron chi connectivity index (χ1n) is 12.9. The third-order valence-corrected chi connectivity index (χ3v) is 9.38. The van der Waals surface area contributed by atoms with E-state index in [4.69, 9.17) is 19.1 Å². The number of hydrogen-bond acceptors (Lipinski definition) is 0. The molecule has 0 fully saturated rings. The standard InChI is InChI=1S/C32H51P.2ClH.Pd/c1-28(2,3)22-16-23(29(4,5)6)19-26(18-22)33(32(13,14)15)27-20-24(30(7,8)9)17-25(21-27)31(10,11)12;;;/h16-21H,1-15H3;2*1H;/q;;;+2/p-2. The van der Waals surface area contributed by atoms with Crippen molar-refractivity contribution in [2.45, 2.75) is 131 Å². The molecule has 0 heterocycles. The van der Waals surface area contributed by atoms with Gasteiger partial charge >= 0.3 is 35.0 Å². The molecule has 208 valence electrons. The van der Waals surface area contributed by atoms with Crippen molar-refractivity contribution in [1.29, 1.82) is 0 Å². The first kappa shape index (κ1) is 34.1. The van der Waals surface area contributed by atoms with E-state index < -0.39 is 7.92 Å². The van der Waals surface area contributed by atoms with E-state index in [0.717, 1.165) is 0 Å². The molecular weight excluding hydrogens is 593 g/mol. The van der Waals surface area contributed by atoms with Crippen LogP contribution in [-0.2, 0) is 37.6 Å². The van der Waals surface area contributed by atoms with Crippen molar-refractivity contribution in [2.75, 3.05) is 0 Å². The van der Waals surface area contributed by atoms with Crippen molar-refractivity contribution in [3.8, 4) is 0 Å². The van der Waals surface area contributed by atoms with Crippen LogP contribution in [0, 0.1) is 0 Å². The second-order valence-corrected chi connectivity index (χ2v) is 20.5. The van der Waals surface area contributed by atoms with E-state index in [0.29, 0.717) is 0 Å². The molecule has 2 aromatic carbocycles. The van der Waals surface area contributed by atoms with E-state index >= 15 is 0 Å². The second kappa shape index (κ2) is 12.1. The summed E-state index contributed by atoms with van der Waals surface area (Å²) in [6.45, 7) is 35.4. The van der Waals surface area contributed by atoms with Gasteiger partial charge in [0.2, 0.25) is 0 Å². The third kappa shape index (κ3) is 9.69. The van der Waals surface area contributed by atoms with Crippen LogP contribution < -0.4 is 10.6 Å². The molecule has 0 unspecified atom stereocenters. The van der Waals surface area contributed by atoms with Crippen molar-refractivity contribution in [1.82, 2.24) is 0 Å². The van der Waals surface area contributed by atoms with Gasteiger partial charge in [0.15, 0.2) is 0 Å². The molecular formula is C32H51Cl2PPd. The number of hydrogen-bond donors (Lipinski definition) is 0. The number of halogens is 2. The minimum atomic E-state index is -0.545. The molecule has 4 heteroatoms. The number of rotatable bonds is 2. The molecule has 0 aliphatic heterocycles. The fourth-order valence-electron chi connectivity index (χ4n) is 4.14. The van der Waals surface area contributed by atoms with Gasteiger partial charge in [-0.15, -0.1) is 0 Å². The summed E-state index contributed by atoms with van der Waals surface area (Å²) >= 11 is -0.106. The van der Waals surface area contributed by atoms with Gasteiger partial charge in [-0.05, 0) is 67.6 Å². The maximum absolute atomic E-state index is 4.81. The molecule has 0 bridgehead atoms. The fourth-order valence-corrected chi connectivity index (χ4v) is 7.06. The Balaban J connectivity index is 0.00000205. The Bertz CT molecular complexity index is 867. The zero-order chi connectivity index (χ0) is 28.5. The van der Waals surface area contributed by atoms with E-state index in [1.165, 1.54) is 32.9 Å². The summed E-state index contributed by atoms with van der Waals surface area (Å²) in [4.78, 5) is 0. The van der Waals surface area contributed by atoms with E-state index in [1.807, 2.05) is 0 Å². The normalized spacial score (nSPS) is 13.6. The Morgan fingerprint density at radius 3 is 0.778 bits per heavy atom. The van der Waals surface area contributed by atoms with Crippen molar-refractivity contribution < 1.29 is 15.9 Å². The molecule has 0 amide bonds. The van der Waals surface area contributed by atoms with Crippen LogP contribution in [0.2, 0.25) is 0 Å². The molecule has 0 radical (unpaired) electrons. The van der Waals surface area contributed by atoms with Crippen LogP contribution in [0.1, 0.15) is 126 Å². The van der Waals surface area contributed by atoms with E-state index in [9.17, 15) is 0 Å². The second-order valence-electron chi connectivity index (χ2n) is 15.1. The molecule has 2 rings (SSSR count). The van der Waals surface area contributed by atoms with Crippen LogP contribution in [0.3, 0.4) is 0 Å². The van der Waals surface area contributed by atoms with Crippen molar-refractivity contribution in [2.24, 2.45) is 0 Å². The quantitative estimate of drug-likeness (QED) is 0.226. The molecule has 2 aromatic rings. The predicted molar refractivity (Wildman–Crippen MR) is 165 cm³/mol. The molecule has 0 spiro atoms. The third-order valence-electron chi connectivity index (χ3n) is 6.49. The summed E-state index contributed by atoms with van der Waals surface area (Å²) in [7, 11) is 9.08. The van der Waals surface area contributed by atoms with Gasteiger partial charge in [-0.25, -0.2) is 0 Å². The van der Waals surface area contributed by atoms with Crippen LogP contribution in [0.4, 0.5) is 0 Å². The average molecular weight is 644 g/mol. The Labute approximate surface area is 241 Å². The van der Waals surface area contributed by atoms with Gasteiger partial charge < -0.3 is 0 Å². The van der Waals surface area contributed by atoms with Gasteiger partial charge in [-0.3, -0.25) is 0 Å². The summed E-state index contributed by atoms with van der Waals surface area (Å²) in [5, 5.41) is 3.19. The van der Waals surface area contributed by atoms with Crippen molar-refractivity contribution >= 4 is 37.6 Å². The average Bonchev–Trinajstić information content (AvgIpc) is 2.64. The monoisotopic (exact) mass is 642 g/mol. The molecule has 0 aromatic heterocycles. The molecule has 0 N–H and O–H groups in total. The Kier molecular flexibility index (Phi) is 11.5. The Morgan fingerprint density at radius 2 is 0.639 bits per heavy atom. The van der Waals surface area contributed by atoms with Crippen LogP contribution in [0.15, 0.2) is 36.4 Å². The molecule has 0 saturated heterocycles. The van der Waals surface area contributed by atoms with Crippen molar-refractivity contribution in [3.05, 3.63) is 58.7 Å². The molecule has 0 aliphatic rings. The molecule has 0 atom stereocenters. The van der Waals surface area contributed by atoms with Crippen molar-refractivity contribution in [3.63, 3.8) is 0 Å². The topological polar surface area (TPSA) is 0 Å². The van der Waals surface area contributed by atoms with Gasteiger partial charge in [0.05, 0.1) is 0 Å². The van der Waals surface area contributed by atoms with Gasteiger partial charge in [-0.1, -0.05) is 140 Å². The zero-order valence-electron chi connectivity index (χ0n) is 25.5. The molecule has 36 heavy (non-hydrogen) atoms. The molecule has 0 aliphatic carbocycles. The van der Waals surface area contributed by atoms with E-state index in [2.05, 4.69) is 140 Å². The summed E-state index contributed by atoms with van der Waals surface area (Å²) in [5.41, 5.74) is 6.29. The fraction of sp³-hybridized carbons (Fsp3) is 0.625. The van der Waals surface area contributed by atoms with E-state index in [-0.39, 0.29) is 42.8 Å². The molecule has 0 nitrogen and oxygen atoms in total. The minimum absolute atomic E-state index is 0.106. The summed E-state index contributed by atoms with van der Waals surface area (Å²) in [6.07, 6.45) is 0. The van der Waals surface area contributed by atoms with Gasteiger partial charge in [0, 0.05) is 0 Å². The van der Waals surface area contributed by atoms with Gasteiger partial charge in [0.1, 0.15) is 0 Å². The Hall–Kier alpha value is 0.112. The summed E-state index contributed by atoms with van der Waals surface area (Å²) in [5.74, 6) is 0. The van der Waals surface area contributed by atoms with Crippen LogP contribution in [-0.4, -0.2) is 5.16 Å². The number of benzene rings is 2. The SMILES string of the molecule is CC(C)(C)c1cc(P(c2cc(C(C)(C)C)cc(C(C)(C)C)c2)C(C)(C)C)cc(C(C)(C)C)c1.[Cl][Pd][Cl]. The summed E-state index contributed by atoms with van der Waals surface area (Å²) < 4.78 is 0. The van der Waals surface area contributed by atoms with Gasteiger partial charge in [0.25, 0.3) is 0 Å². The van der Waals surface area contributed by atoms with Crippen LogP contribution in [0.25, 0.3) is 0 Å². The first-order chi connectivity index (χ1) is 15.9.